The van der Waals surface area contributed by atoms with E-state index in [-0.39, 0.29) is 6.17 Å². The summed E-state index contributed by atoms with van der Waals surface area (Å²) in [5.74, 6) is 0. The zero-order valence-corrected chi connectivity index (χ0v) is 6.42. The summed E-state index contributed by atoms with van der Waals surface area (Å²) in [5.41, 5.74) is 5.62. The van der Waals surface area contributed by atoms with Crippen molar-refractivity contribution >= 4 is 0 Å². The maximum absolute atomic E-state index is 5.62. The molecule has 1 rings (SSSR count). The molecule has 59 valence electrons. The van der Waals surface area contributed by atoms with Gasteiger partial charge in [0.15, 0.2) is 0 Å². The molecule has 0 spiro atoms. The Hall–Kier alpha value is -0.120. The molecule has 0 aliphatic carbocycles. The number of ether oxygens (including phenoxy) is 1. The van der Waals surface area contributed by atoms with Crippen molar-refractivity contribution < 1.29 is 4.74 Å². The summed E-state index contributed by atoms with van der Waals surface area (Å²) in [6.45, 7) is 8.34. The van der Waals surface area contributed by atoms with Gasteiger partial charge < -0.3 is 10.5 Å². The Balaban J connectivity index is 2.40. The van der Waals surface area contributed by atoms with Crippen molar-refractivity contribution in [2.45, 2.75) is 19.1 Å². The third kappa shape index (κ3) is 1.68. The molecule has 1 heterocycles. The zero-order chi connectivity index (χ0) is 7.56. The van der Waals surface area contributed by atoms with Crippen molar-refractivity contribution in [3.05, 3.63) is 6.92 Å². The van der Waals surface area contributed by atoms with Gasteiger partial charge in [-0.1, -0.05) is 0 Å². The maximum atomic E-state index is 5.62. The first-order chi connectivity index (χ1) is 4.72. The first-order valence-electron chi connectivity index (χ1n) is 3.64. The van der Waals surface area contributed by atoms with Crippen LogP contribution in [-0.4, -0.2) is 36.9 Å². The molecule has 2 atom stereocenters. The van der Waals surface area contributed by atoms with E-state index in [4.69, 9.17) is 10.5 Å². The summed E-state index contributed by atoms with van der Waals surface area (Å²) in [6, 6.07) is 0.418. The van der Waals surface area contributed by atoms with Gasteiger partial charge >= 0.3 is 0 Å². The number of nitrogens with two attached hydrogens (primary N) is 1. The quantitative estimate of drug-likeness (QED) is 0.553. The first kappa shape index (κ1) is 7.98. The second-order valence-electron chi connectivity index (χ2n) is 2.73. The van der Waals surface area contributed by atoms with Gasteiger partial charge in [-0.15, -0.1) is 0 Å². The molecule has 1 aliphatic rings. The SMILES string of the molecule is [CH2][C@@H](N)N1CCOC[C@@H]1C. The van der Waals surface area contributed by atoms with E-state index in [0.717, 1.165) is 19.8 Å². The predicted octanol–water partition coefficient (Wildman–Crippen LogP) is -0.174. The Morgan fingerprint density at radius 3 is 2.90 bits per heavy atom. The van der Waals surface area contributed by atoms with Crippen LogP contribution in [0.1, 0.15) is 6.92 Å². The van der Waals surface area contributed by atoms with Gasteiger partial charge in [-0.25, -0.2) is 0 Å². The Morgan fingerprint density at radius 2 is 2.50 bits per heavy atom. The van der Waals surface area contributed by atoms with Crippen LogP contribution < -0.4 is 5.73 Å². The summed E-state index contributed by atoms with van der Waals surface area (Å²) in [5, 5.41) is 0. The van der Waals surface area contributed by atoms with Gasteiger partial charge in [0.25, 0.3) is 0 Å². The first-order valence-corrected chi connectivity index (χ1v) is 3.64. The molecule has 0 saturated carbocycles. The summed E-state index contributed by atoms with van der Waals surface area (Å²) in [4.78, 5) is 2.14. The maximum Gasteiger partial charge on any atom is 0.0620 e. The van der Waals surface area contributed by atoms with Crippen LogP contribution >= 0.6 is 0 Å². The highest BCUT2D eigenvalue weighted by Crippen LogP contribution is 2.06. The van der Waals surface area contributed by atoms with Crippen LogP contribution in [0.3, 0.4) is 0 Å². The minimum atomic E-state index is -0.0844. The lowest BCUT2D eigenvalue weighted by atomic mass is 10.2. The fourth-order valence-corrected chi connectivity index (χ4v) is 1.23. The second-order valence-corrected chi connectivity index (χ2v) is 2.73. The molecule has 0 aromatic carbocycles. The average molecular weight is 143 g/mol. The highest BCUT2D eigenvalue weighted by molar-refractivity contribution is 4.76. The van der Waals surface area contributed by atoms with Gasteiger partial charge in [0.1, 0.15) is 0 Å². The standard InChI is InChI=1S/C7H15N2O/c1-6-5-10-4-3-9(6)7(2)8/h6-7H,2-5,8H2,1H3/t6-,7-/m0/s1. The summed E-state index contributed by atoms with van der Waals surface area (Å²) in [7, 11) is 0. The Labute approximate surface area is 62.1 Å². The molecule has 10 heavy (non-hydrogen) atoms. The lowest BCUT2D eigenvalue weighted by molar-refractivity contribution is -0.0124. The van der Waals surface area contributed by atoms with Gasteiger partial charge in [0, 0.05) is 12.6 Å². The molecule has 0 aromatic heterocycles. The van der Waals surface area contributed by atoms with E-state index in [0.29, 0.717) is 6.04 Å². The summed E-state index contributed by atoms with van der Waals surface area (Å²) < 4.78 is 5.24. The number of rotatable bonds is 1. The van der Waals surface area contributed by atoms with Crippen molar-refractivity contribution in [1.29, 1.82) is 0 Å². The van der Waals surface area contributed by atoms with Gasteiger partial charge in [-0.3, -0.25) is 4.90 Å². The van der Waals surface area contributed by atoms with E-state index in [1.54, 1.807) is 0 Å². The fraction of sp³-hybridized carbons (Fsp3) is 0.857. The number of hydrogen-bond acceptors (Lipinski definition) is 3. The summed E-state index contributed by atoms with van der Waals surface area (Å²) in [6.07, 6.45) is -0.0844. The third-order valence-corrected chi connectivity index (χ3v) is 1.85. The Kier molecular flexibility index (Phi) is 2.65. The molecule has 1 saturated heterocycles. The molecule has 2 N–H and O–H groups in total. The minimum Gasteiger partial charge on any atom is -0.379 e. The monoisotopic (exact) mass is 143 g/mol. The smallest absolute Gasteiger partial charge is 0.0620 e. The fourth-order valence-electron chi connectivity index (χ4n) is 1.23. The van der Waals surface area contributed by atoms with Crippen LogP contribution in [0.25, 0.3) is 0 Å². The molecule has 0 aromatic rings. The van der Waals surface area contributed by atoms with E-state index >= 15 is 0 Å². The van der Waals surface area contributed by atoms with Crippen molar-refractivity contribution in [3.8, 4) is 0 Å². The second kappa shape index (κ2) is 3.32. The lowest BCUT2D eigenvalue weighted by Gasteiger charge is -2.35. The van der Waals surface area contributed by atoms with Crippen molar-refractivity contribution in [3.63, 3.8) is 0 Å². The third-order valence-electron chi connectivity index (χ3n) is 1.85. The van der Waals surface area contributed by atoms with Crippen LogP contribution in [0.15, 0.2) is 0 Å². The van der Waals surface area contributed by atoms with Gasteiger partial charge in [-0.2, -0.15) is 0 Å². The average Bonchev–Trinajstić information content (AvgIpc) is 1.88. The minimum absolute atomic E-state index is 0.0844. The normalized spacial score (nSPS) is 32.1. The lowest BCUT2D eigenvalue weighted by Crippen LogP contribution is -2.51. The number of morpholine rings is 1. The largest absolute Gasteiger partial charge is 0.379 e. The Bertz CT molecular complexity index is 106. The van der Waals surface area contributed by atoms with Crippen LogP contribution in [-0.2, 0) is 4.74 Å². The molecule has 3 nitrogen and oxygen atoms in total. The predicted molar refractivity (Wildman–Crippen MR) is 40.3 cm³/mol. The van der Waals surface area contributed by atoms with E-state index in [1.165, 1.54) is 0 Å². The zero-order valence-electron chi connectivity index (χ0n) is 6.42. The van der Waals surface area contributed by atoms with Crippen LogP contribution in [0.5, 0.6) is 0 Å². The molecule has 0 amide bonds. The topological polar surface area (TPSA) is 38.5 Å². The van der Waals surface area contributed by atoms with Crippen LogP contribution in [0.4, 0.5) is 0 Å². The van der Waals surface area contributed by atoms with Gasteiger partial charge in [0.2, 0.25) is 0 Å². The summed E-state index contributed by atoms with van der Waals surface area (Å²) >= 11 is 0. The molecule has 1 aliphatic heterocycles. The number of nitrogens with zero attached hydrogens (tertiary/aromatic N) is 1. The molecule has 1 radical (unpaired) electrons. The van der Waals surface area contributed by atoms with Gasteiger partial charge in [-0.05, 0) is 13.8 Å². The van der Waals surface area contributed by atoms with E-state index < -0.39 is 0 Å². The van der Waals surface area contributed by atoms with E-state index in [9.17, 15) is 0 Å². The molecule has 3 heteroatoms. The molecule has 0 unspecified atom stereocenters. The molecule has 1 fully saturated rings. The molecular formula is C7H15N2O. The van der Waals surface area contributed by atoms with E-state index in [2.05, 4.69) is 18.7 Å². The van der Waals surface area contributed by atoms with Crippen LogP contribution in [0, 0.1) is 6.92 Å². The highest BCUT2D eigenvalue weighted by Gasteiger charge is 2.20. The molecular weight excluding hydrogens is 128 g/mol. The Morgan fingerprint density at radius 1 is 1.80 bits per heavy atom. The highest BCUT2D eigenvalue weighted by atomic mass is 16.5. The van der Waals surface area contributed by atoms with Crippen molar-refractivity contribution in [1.82, 2.24) is 4.90 Å². The van der Waals surface area contributed by atoms with Crippen molar-refractivity contribution in [2.75, 3.05) is 19.8 Å². The van der Waals surface area contributed by atoms with E-state index in [1.807, 2.05) is 0 Å². The van der Waals surface area contributed by atoms with Crippen LogP contribution in [0.2, 0.25) is 0 Å². The number of hydrogen-bond donors (Lipinski definition) is 1. The van der Waals surface area contributed by atoms with Gasteiger partial charge in [0.05, 0.1) is 19.4 Å². The molecule has 0 bridgehead atoms. The van der Waals surface area contributed by atoms with Crippen molar-refractivity contribution in [2.24, 2.45) is 5.73 Å².